The van der Waals surface area contributed by atoms with E-state index in [2.05, 4.69) is 31.1 Å². The van der Waals surface area contributed by atoms with Gasteiger partial charge < -0.3 is 5.32 Å². The van der Waals surface area contributed by atoms with Gasteiger partial charge in [-0.1, -0.05) is 39.0 Å². The smallest absolute Gasteiger partial charge is 0.229 e. The van der Waals surface area contributed by atoms with Crippen molar-refractivity contribution >= 4 is 22.4 Å². The molecular weight excluding hydrogens is 299 g/mol. The highest BCUT2D eigenvalue weighted by molar-refractivity contribution is 7.13. The minimum atomic E-state index is -0.230. The molecule has 5 heteroatoms. The van der Waals surface area contributed by atoms with E-state index in [1.165, 1.54) is 17.4 Å². The summed E-state index contributed by atoms with van der Waals surface area (Å²) in [5.41, 5.74) is 1.57. The van der Waals surface area contributed by atoms with Crippen molar-refractivity contribution < 1.29 is 9.18 Å². The van der Waals surface area contributed by atoms with Gasteiger partial charge >= 0.3 is 0 Å². The molecule has 1 aliphatic carbocycles. The first-order valence-electron chi connectivity index (χ1n) is 7.37. The first kappa shape index (κ1) is 15.2. The molecule has 0 radical (unpaired) electrons. The summed E-state index contributed by atoms with van der Waals surface area (Å²) in [6.07, 6.45) is 0.699. The van der Waals surface area contributed by atoms with E-state index in [1.54, 1.807) is 12.1 Å². The Morgan fingerprint density at radius 2 is 2.09 bits per heavy atom. The molecule has 0 spiro atoms. The molecule has 22 heavy (non-hydrogen) atoms. The van der Waals surface area contributed by atoms with Gasteiger partial charge in [0.2, 0.25) is 5.91 Å². The number of halogens is 1. The molecule has 1 heterocycles. The molecule has 3 nitrogen and oxygen atoms in total. The maximum Gasteiger partial charge on any atom is 0.229 e. The zero-order valence-electron chi connectivity index (χ0n) is 12.9. The summed E-state index contributed by atoms with van der Waals surface area (Å²) in [7, 11) is 0. The lowest BCUT2D eigenvalue weighted by Gasteiger charge is -2.14. The molecule has 2 unspecified atom stereocenters. The largest absolute Gasteiger partial charge is 0.302 e. The van der Waals surface area contributed by atoms with E-state index in [1.807, 2.05) is 11.4 Å². The first-order valence-corrected chi connectivity index (χ1v) is 8.25. The van der Waals surface area contributed by atoms with Gasteiger partial charge in [-0.2, -0.15) is 0 Å². The minimum Gasteiger partial charge on any atom is -0.302 e. The van der Waals surface area contributed by atoms with Gasteiger partial charge in [-0.3, -0.25) is 4.79 Å². The van der Waals surface area contributed by atoms with Gasteiger partial charge in [0.1, 0.15) is 5.82 Å². The fraction of sp³-hybridized carbons (Fsp3) is 0.412. The summed E-state index contributed by atoms with van der Waals surface area (Å²) < 4.78 is 13.7. The van der Waals surface area contributed by atoms with Crippen LogP contribution < -0.4 is 5.32 Å². The van der Waals surface area contributed by atoms with Gasteiger partial charge in [-0.15, -0.1) is 11.3 Å². The van der Waals surface area contributed by atoms with Crippen LogP contribution in [-0.2, 0) is 10.2 Å². The number of carbonyl (C=O) groups excluding carboxylic acids is 1. The molecule has 1 saturated carbocycles. The lowest BCUT2D eigenvalue weighted by Crippen LogP contribution is -2.16. The van der Waals surface area contributed by atoms with Crippen LogP contribution in [0.5, 0.6) is 0 Å². The Kier molecular flexibility index (Phi) is 3.77. The Morgan fingerprint density at radius 1 is 1.36 bits per heavy atom. The van der Waals surface area contributed by atoms with Crippen LogP contribution in [0.1, 0.15) is 44.4 Å². The van der Waals surface area contributed by atoms with E-state index in [-0.39, 0.29) is 29.0 Å². The Labute approximate surface area is 133 Å². The third kappa shape index (κ3) is 3.04. The third-order valence-electron chi connectivity index (χ3n) is 3.93. The fourth-order valence-electron chi connectivity index (χ4n) is 2.48. The molecule has 1 amide bonds. The Hall–Kier alpha value is -1.75. The Balaban J connectivity index is 1.65. The van der Waals surface area contributed by atoms with Crippen molar-refractivity contribution in [3.05, 3.63) is 46.7 Å². The summed E-state index contributed by atoms with van der Waals surface area (Å²) in [5, 5.41) is 5.45. The maximum absolute atomic E-state index is 13.7. The number of thiazole rings is 1. The van der Waals surface area contributed by atoms with Gasteiger partial charge in [0.15, 0.2) is 5.13 Å². The predicted molar refractivity (Wildman–Crippen MR) is 86.7 cm³/mol. The van der Waals surface area contributed by atoms with Crippen LogP contribution in [0, 0.1) is 11.7 Å². The summed E-state index contributed by atoms with van der Waals surface area (Å²) in [6, 6.07) is 6.68. The molecule has 2 atom stereocenters. The molecule has 3 rings (SSSR count). The monoisotopic (exact) mass is 318 g/mol. The SMILES string of the molecule is CC(C)(C)c1csc(NC(=O)C2CC2c2ccccc2F)n1. The number of rotatable bonds is 3. The average molecular weight is 318 g/mol. The Morgan fingerprint density at radius 3 is 2.73 bits per heavy atom. The van der Waals surface area contributed by atoms with Crippen molar-refractivity contribution in [1.29, 1.82) is 0 Å². The lowest BCUT2D eigenvalue weighted by atomic mass is 9.93. The highest BCUT2D eigenvalue weighted by Gasteiger charge is 2.45. The zero-order chi connectivity index (χ0) is 15.9. The highest BCUT2D eigenvalue weighted by atomic mass is 32.1. The van der Waals surface area contributed by atoms with Crippen LogP contribution in [0.4, 0.5) is 9.52 Å². The first-order chi connectivity index (χ1) is 10.4. The number of nitrogens with zero attached hydrogens (tertiary/aromatic N) is 1. The number of anilines is 1. The normalized spacial score (nSPS) is 20.7. The topological polar surface area (TPSA) is 42.0 Å². The predicted octanol–water partition coefficient (Wildman–Crippen LogP) is 4.32. The molecular formula is C17H19FN2OS. The average Bonchev–Trinajstić information content (AvgIpc) is 3.09. The summed E-state index contributed by atoms with van der Waals surface area (Å²) in [5.74, 6) is -0.461. The lowest BCUT2D eigenvalue weighted by molar-refractivity contribution is -0.117. The highest BCUT2D eigenvalue weighted by Crippen LogP contribution is 2.48. The number of benzene rings is 1. The molecule has 0 saturated heterocycles. The zero-order valence-corrected chi connectivity index (χ0v) is 13.7. The van der Waals surface area contributed by atoms with E-state index in [9.17, 15) is 9.18 Å². The van der Waals surface area contributed by atoms with Crippen LogP contribution in [-0.4, -0.2) is 10.9 Å². The van der Waals surface area contributed by atoms with Crippen LogP contribution in [0.15, 0.2) is 29.6 Å². The van der Waals surface area contributed by atoms with Gasteiger partial charge in [0.25, 0.3) is 0 Å². The van der Waals surface area contributed by atoms with Crippen molar-refractivity contribution in [2.24, 2.45) is 5.92 Å². The molecule has 0 bridgehead atoms. The van der Waals surface area contributed by atoms with Crippen LogP contribution in [0.2, 0.25) is 0 Å². The molecule has 116 valence electrons. The standard InChI is InChI=1S/C17H19FN2OS/c1-17(2,3)14-9-22-16(19-14)20-15(21)12-8-11(12)10-6-4-5-7-13(10)18/h4-7,9,11-12H,8H2,1-3H3,(H,19,20,21). The van der Waals surface area contributed by atoms with E-state index in [0.29, 0.717) is 17.1 Å². The van der Waals surface area contributed by atoms with Crippen molar-refractivity contribution in [3.63, 3.8) is 0 Å². The fourth-order valence-corrected chi connectivity index (χ4v) is 3.42. The van der Waals surface area contributed by atoms with Gasteiger partial charge in [-0.05, 0) is 24.0 Å². The van der Waals surface area contributed by atoms with Crippen LogP contribution in [0.25, 0.3) is 0 Å². The second-order valence-electron chi connectivity index (χ2n) is 6.75. The van der Waals surface area contributed by atoms with Crippen LogP contribution in [0.3, 0.4) is 0 Å². The minimum absolute atomic E-state index is 0.0109. The van der Waals surface area contributed by atoms with Gasteiger partial charge in [0.05, 0.1) is 5.69 Å². The van der Waals surface area contributed by atoms with Crippen molar-refractivity contribution in [2.75, 3.05) is 5.32 Å². The van der Waals surface area contributed by atoms with E-state index >= 15 is 0 Å². The molecule has 1 N–H and O–H groups in total. The molecule has 1 aromatic carbocycles. The van der Waals surface area contributed by atoms with Crippen LogP contribution >= 0.6 is 11.3 Å². The van der Waals surface area contributed by atoms with Gasteiger partial charge in [-0.25, -0.2) is 9.37 Å². The number of carbonyl (C=O) groups is 1. The molecule has 2 aromatic rings. The second-order valence-corrected chi connectivity index (χ2v) is 7.61. The third-order valence-corrected chi connectivity index (χ3v) is 4.69. The quantitative estimate of drug-likeness (QED) is 0.915. The van der Waals surface area contributed by atoms with Crippen molar-refractivity contribution in [1.82, 2.24) is 4.98 Å². The summed E-state index contributed by atoms with van der Waals surface area (Å²) in [6.45, 7) is 6.26. The number of nitrogens with one attached hydrogen (secondary N) is 1. The molecule has 1 fully saturated rings. The molecule has 1 aliphatic rings. The van der Waals surface area contributed by atoms with E-state index < -0.39 is 0 Å². The number of hydrogen-bond acceptors (Lipinski definition) is 3. The Bertz CT molecular complexity index is 705. The molecule has 0 aliphatic heterocycles. The van der Waals surface area contributed by atoms with E-state index in [4.69, 9.17) is 0 Å². The van der Waals surface area contributed by atoms with Crippen molar-refractivity contribution in [3.8, 4) is 0 Å². The number of hydrogen-bond donors (Lipinski definition) is 1. The molecule has 1 aromatic heterocycles. The second kappa shape index (κ2) is 5.47. The van der Waals surface area contributed by atoms with Crippen molar-refractivity contribution in [2.45, 2.75) is 38.5 Å². The summed E-state index contributed by atoms with van der Waals surface area (Å²) in [4.78, 5) is 16.7. The summed E-state index contributed by atoms with van der Waals surface area (Å²) >= 11 is 1.43. The number of aromatic nitrogens is 1. The maximum atomic E-state index is 13.7. The van der Waals surface area contributed by atoms with Gasteiger partial charge in [0, 0.05) is 16.7 Å². The number of amides is 1. The van der Waals surface area contributed by atoms with E-state index in [0.717, 1.165) is 5.69 Å².